The molecule has 0 saturated heterocycles. The number of nitrogens with one attached hydrogen (secondary N) is 1. The maximum Gasteiger partial charge on any atom is 0.155 e. The van der Waals surface area contributed by atoms with Crippen molar-refractivity contribution in [1.29, 1.82) is 0 Å². The first-order valence-electron chi connectivity index (χ1n) is 9.94. The molecule has 4 rings (SSSR count). The van der Waals surface area contributed by atoms with Crippen molar-refractivity contribution in [2.24, 2.45) is 12.8 Å². The van der Waals surface area contributed by atoms with Gasteiger partial charge in [0.05, 0.1) is 35.7 Å². The Kier molecular flexibility index (Phi) is 5.53. The molecule has 4 heterocycles. The molecule has 29 heavy (non-hydrogen) atoms. The van der Waals surface area contributed by atoms with Gasteiger partial charge in [0.2, 0.25) is 0 Å². The van der Waals surface area contributed by atoms with Crippen LogP contribution in [0.15, 0.2) is 49.2 Å². The Morgan fingerprint density at radius 1 is 1.10 bits per heavy atom. The molecule has 0 amide bonds. The highest BCUT2D eigenvalue weighted by atomic mass is 15.2. The fourth-order valence-electron chi connectivity index (χ4n) is 3.39. The number of aryl methyl sites for hydroxylation is 1. The van der Waals surface area contributed by atoms with E-state index < -0.39 is 0 Å². The first kappa shape index (κ1) is 19.1. The SMILES string of the molecule is CC[C@@H](CCCN)Nc1cccc(-c2cnc3cnc(-c4cnn(C)c4)cn23)n1. The van der Waals surface area contributed by atoms with Gasteiger partial charge >= 0.3 is 0 Å². The normalized spacial score (nSPS) is 12.4. The van der Waals surface area contributed by atoms with Gasteiger partial charge in [-0.2, -0.15) is 5.10 Å². The quantitative estimate of drug-likeness (QED) is 0.480. The molecule has 8 heteroatoms. The highest BCUT2D eigenvalue weighted by Gasteiger charge is 2.12. The van der Waals surface area contributed by atoms with Crippen molar-refractivity contribution in [2.45, 2.75) is 32.2 Å². The van der Waals surface area contributed by atoms with Crippen LogP contribution in [0.3, 0.4) is 0 Å². The summed E-state index contributed by atoms with van der Waals surface area (Å²) in [6.07, 6.45) is 12.4. The van der Waals surface area contributed by atoms with Gasteiger partial charge in [0.15, 0.2) is 5.65 Å². The van der Waals surface area contributed by atoms with Gasteiger partial charge in [0.25, 0.3) is 0 Å². The summed E-state index contributed by atoms with van der Waals surface area (Å²) in [6, 6.07) is 6.38. The van der Waals surface area contributed by atoms with Gasteiger partial charge in [0.1, 0.15) is 5.82 Å². The molecule has 1 atom stereocenters. The Morgan fingerprint density at radius 2 is 2.00 bits per heavy atom. The average molecular weight is 390 g/mol. The number of anilines is 1. The topological polar surface area (TPSA) is 99.0 Å². The number of rotatable bonds is 8. The molecule has 0 saturated carbocycles. The number of aromatic nitrogens is 6. The lowest BCUT2D eigenvalue weighted by Crippen LogP contribution is -2.20. The first-order chi connectivity index (χ1) is 14.2. The van der Waals surface area contributed by atoms with Crippen LogP contribution in [0.4, 0.5) is 5.82 Å². The average Bonchev–Trinajstić information content (AvgIpc) is 3.37. The molecule has 4 aromatic heterocycles. The Balaban J connectivity index is 1.66. The Hall–Kier alpha value is -3.26. The smallest absolute Gasteiger partial charge is 0.155 e. The predicted octanol–water partition coefficient (Wildman–Crippen LogP) is 3.12. The monoisotopic (exact) mass is 390 g/mol. The number of nitrogens with two attached hydrogens (primary N) is 1. The van der Waals surface area contributed by atoms with E-state index in [9.17, 15) is 0 Å². The van der Waals surface area contributed by atoms with Gasteiger partial charge < -0.3 is 11.1 Å². The van der Waals surface area contributed by atoms with Crippen molar-refractivity contribution in [3.63, 3.8) is 0 Å². The summed E-state index contributed by atoms with van der Waals surface area (Å²) in [4.78, 5) is 13.8. The maximum atomic E-state index is 5.66. The van der Waals surface area contributed by atoms with Gasteiger partial charge in [0, 0.05) is 31.0 Å². The lowest BCUT2D eigenvalue weighted by atomic mass is 10.1. The van der Waals surface area contributed by atoms with Crippen LogP contribution in [0.1, 0.15) is 26.2 Å². The minimum absolute atomic E-state index is 0.366. The Morgan fingerprint density at radius 3 is 2.76 bits per heavy atom. The molecule has 4 aromatic rings. The number of pyridine rings is 1. The summed E-state index contributed by atoms with van der Waals surface area (Å²) >= 11 is 0. The minimum Gasteiger partial charge on any atom is -0.367 e. The van der Waals surface area contributed by atoms with Gasteiger partial charge in [-0.1, -0.05) is 13.0 Å². The van der Waals surface area contributed by atoms with Gasteiger partial charge in [-0.3, -0.25) is 14.1 Å². The summed E-state index contributed by atoms with van der Waals surface area (Å²) in [5, 5.41) is 7.77. The van der Waals surface area contributed by atoms with Gasteiger partial charge in [-0.05, 0) is 37.9 Å². The summed E-state index contributed by atoms with van der Waals surface area (Å²) < 4.78 is 3.79. The number of hydrogen-bond acceptors (Lipinski definition) is 6. The number of hydrogen-bond donors (Lipinski definition) is 2. The second-order valence-electron chi connectivity index (χ2n) is 7.14. The molecule has 0 fully saturated rings. The van der Waals surface area contributed by atoms with E-state index in [0.717, 1.165) is 53.4 Å². The third kappa shape index (κ3) is 4.12. The molecular formula is C21H26N8. The molecule has 0 aromatic carbocycles. The van der Waals surface area contributed by atoms with Crippen LogP contribution in [-0.2, 0) is 7.05 Å². The summed E-state index contributed by atoms with van der Waals surface area (Å²) in [7, 11) is 1.89. The van der Waals surface area contributed by atoms with Crippen LogP contribution < -0.4 is 11.1 Å². The highest BCUT2D eigenvalue weighted by molar-refractivity contribution is 5.64. The van der Waals surface area contributed by atoms with Crippen LogP contribution in [0, 0.1) is 0 Å². The van der Waals surface area contributed by atoms with E-state index >= 15 is 0 Å². The van der Waals surface area contributed by atoms with Crippen molar-refractivity contribution in [2.75, 3.05) is 11.9 Å². The van der Waals surface area contributed by atoms with Crippen molar-refractivity contribution in [1.82, 2.24) is 29.1 Å². The summed E-state index contributed by atoms with van der Waals surface area (Å²) in [5.41, 5.74) is 10.0. The second kappa shape index (κ2) is 8.40. The van der Waals surface area contributed by atoms with Crippen molar-refractivity contribution >= 4 is 11.5 Å². The number of nitrogens with zero attached hydrogens (tertiary/aromatic N) is 6. The predicted molar refractivity (Wildman–Crippen MR) is 114 cm³/mol. The van der Waals surface area contributed by atoms with Crippen molar-refractivity contribution in [3.8, 4) is 22.6 Å². The molecule has 0 aliphatic carbocycles. The second-order valence-corrected chi connectivity index (χ2v) is 7.14. The number of imidazole rings is 1. The molecule has 0 radical (unpaired) electrons. The summed E-state index contributed by atoms with van der Waals surface area (Å²) in [5.74, 6) is 0.864. The van der Waals surface area contributed by atoms with Crippen LogP contribution in [0.25, 0.3) is 28.3 Å². The molecule has 0 aliphatic heterocycles. The largest absolute Gasteiger partial charge is 0.367 e. The first-order valence-corrected chi connectivity index (χ1v) is 9.94. The van der Waals surface area contributed by atoms with E-state index in [0.29, 0.717) is 12.6 Å². The van der Waals surface area contributed by atoms with Crippen LogP contribution in [0.5, 0.6) is 0 Å². The molecule has 0 spiro atoms. The lowest BCUT2D eigenvalue weighted by Gasteiger charge is -2.17. The molecule has 0 aliphatic rings. The molecular weight excluding hydrogens is 364 g/mol. The summed E-state index contributed by atoms with van der Waals surface area (Å²) in [6.45, 7) is 2.89. The fraction of sp³-hybridized carbons (Fsp3) is 0.333. The van der Waals surface area contributed by atoms with E-state index in [-0.39, 0.29) is 0 Å². The van der Waals surface area contributed by atoms with Gasteiger partial charge in [-0.15, -0.1) is 0 Å². The number of fused-ring (bicyclic) bond motifs is 1. The van der Waals surface area contributed by atoms with Crippen molar-refractivity contribution in [3.05, 3.63) is 49.2 Å². The van der Waals surface area contributed by atoms with Crippen molar-refractivity contribution < 1.29 is 0 Å². The van der Waals surface area contributed by atoms with E-state index in [1.54, 1.807) is 17.1 Å². The highest BCUT2D eigenvalue weighted by Crippen LogP contribution is 2.23. The molecule has 8 nitrogen and oxygen atoms in total. The van der Waals surface area contributed by atoms with E-state index in [1.165, 1.54) is 0 Å². The zero-order valence-electron chi connectivity index (χ0n) is 16.8. The minimum atomic E-state index is 0.366. The third-order valence-corrected chi connectivity index (χ3v) is 5.01. The van der Waals surface area contributed by atoms with Crippen LogP contribution >= 0.6 is 0 Å². The van der Waals surface area contributed by atoms with E-state index in [2.05, 4.69) is 27.3 Å². The Labute approximate surface area is 169 Å². The third-order valence-electron chi connectivity index (χ3n) is 5.01. The van der Waals surface area contributed by atoms with Crippen LogP contribution in [-0.4, -0.2) is 41.7 Å². The maximum absolute atomic E-state index is 5.66. The molecule has 0 unspecified atom stereocenters. The zero-order valence-corrected chi connectivity index (χ0v) is 16.8. The molecule has 3 N–H and O–H groups in total. The standard InChI is InChI=1S/C21H26N8/c1-3-16(6-5-9-22)26-20-8-4-7-17(27-20)19-11-24-21-12-23-18(14-29(19)21)15-10-25-28(2)13-15/h4,7-8,10-14,16H,3,5-6,9,22H2,1-2H3,(H,26,27)/t16-/m0/s1. The zero-order chi connectivity index (χ0) is 20.2. The molecule has 0 bridgehead atoms. The van der Waals surface area contributed by atoms with Gasteiger partial charge in [-0.25, -0.2) is 9.97 Å². The molecule has 150 valence electrons. The fourth-order valence-corrected chi connectivity index (χ4v) is 3.39. The van der Waals surface area contributed by atoms with E-state index in [1.807, 2.05) is 48.2 Å². The van der Waals surface area contributed by atoms with E-state index in [4.69, 9.17) is 10.7 Å². The lowest BCUT2D eigenvalue weighted by molar-refractivity contribution is 0.604. The Bertz CT molecular complexity index is 1100. The van der Waals surface area contributed by atoms with Crippen LogP contribution in [0.2, 0.25) is 0 Å².